The maximum Gasteiger partial charge on any atom is 0.279 e. The first-order chi connectivity index (χ1) is 11.7. The van der Waals surface area contributed by atoms with Crippen LogP contribution in [0.2, 0.25) is 0 Å². The summed E-state index contributed by atoms with van der Waals surface area (Å²) in [5.41, 5.74) is 2.04. The molecule has 0 fully saturated rings. The molecule has 2 rings (SSSR count). The van der Waals surface area contributed by atoms with Gasteiger partial charge in [0, 0.05) is 18.2 Å². The minimum Gasteiger partial charge on any atom is -1.00 e. The molecule has 2 aromatic carbocycles. The predicted octanol–water partition coefficient (Wildman–Crippen LogP) is -0.825. The largest absolute Gasteiger partial charge is 1.00 e. The van der Waals surface area contributed by atoms with Crippen molar-refractivity contribution in [2.24, 2.45) is 0 Å². The lowest BCUT2D eigenvalue weighted by molar-refractivity contribution is -0.888. The SMILES string of the molecule is CC[NH+](CC)CC(=O)Nc1cccc(OCCc2ccccc2)c1.[Cl-]. The fourth-order valence-electron chi connectivity index (χ4n) is 2.53. The minimum absolute atomic E-state index is 0. The second kappa shape index (κ2) is 11.5. The third-order valence-corrected chi connectivity index (χ3v) is 4.03. The summed E-state index contributed by atoms with van der Waals surface area (Å²) in [4.78, 5) is 13.3. The van der Waals surface area contributed by atoms with Crippen molar-refractivity contribution in [2.75, 3.05) is 31.6 Å². The van der Waals surface area contributed by atoms with Crippen molar-refractivity contribution >= 4 is 11.6 Å². The van der Waals surface area contributed by atoms with Gasteiger partial charge in [0.15, 0.2) is 6.54 Å². The number of likely N-dealkylation sites (N-methyl/N-ethyl adjacent to an activating group) is 1. The standard InChI is InChI=1S/C20H26N2O2.ClH/c1-3-22(4-2)16-20(23)21-18-11-8-12-19(15-18)24-14-13-17-9-6-5-7-10-17;/h5-12,15H,3-4,13-14,16H2,1-2H3,(H,21,23);1H. The zero-order valence-electron chi connectivity index (χ0n) is 14.9. The van der Waals surface area contributed by atoms with E-state index in [4.69, 9.17) is 4.74 Å². The van der Waals surface area contributed by atoms with Gasteiger partial charge in [-0.25, -0.2) is 0 Å². The van der Waals surface area contributed by atoms with Crippen molar-refractivity contribution in [2.45, 2.75) is 20.3 Å². The monoisotopic (exact) mass is 362 g/mol. The molecular formula is C20H27ClN2O2. The number of benzene rings is 2. The van der Waals surface area contributed by atoms with E-state index in [1.54, 1.807) is 0 Å². The van der Waals surface area contributed by atoms with Gasteiger partial charge in [0.25, 0.3) is 5.91 Å². The second-order valence-corrected chi connectivity index (χ2v) is 5.79. The Balaban J connectivity index is 0.00000312. The smallest absolute Gasteiger partial charge is 0.279 e. The van der Waals surface area contributed by atoms with Crippen molar-refractivity contribution in [1.29, 1.82) is 0 Å². The molecule has 0 aliphatic carbocycles. The molecule has 0 aromatic heterocycles. The van der Waals surface area contributed by atoms with Crippen LogP contribution in [0.3, 0.4) is 0 Å². The molecule has 0 saturated heterocycles. The average Bonchev–Trinajstić information content (AvgIpc) is 2.61. The molecule has 0 unspecified atom stereocenters. The van der Waals surface area contributed by atoms with Crippen LogP contribution in [0.5, 0.6) is 5.75 Å². The maximum absolute atomic E-state index is 12.1. The Kier molecular flexibility index (Phi) is 9.66. The van der Waals surface area contributed by atoms with Crippen molar-refractivity contribution in [1.82, 2.24) is 0 Å². The normalized spacial score (nSPS) is 10.2. The number of carbonyl (C=O) groups excluding carboxylic acids is 1. The van der Waals surface area contributed by atoms with E-state index < -0.39 is 0 Å². The van der Waals surface area contributed by atoms with E-state index in [0.29, 0.717) is 13.2 Å². The maximum atomic E-state index is 12.1. The predicted molar refractivity (Wildman–Crippen MR) is 97.6 cm³/mol. The van der Waals surface area contributed by atoms with Crippen LogP contribution in [-0.2, 0) is 11.2 Å². The molecule has 0 saturated carbocycles. The highest BCUT2D eigenvalue weighted by molar-refractivity contribution is 5.91. The lowest BCUT2D eigenvalue weighted by Crippen LogP contribution is -3.12. The summed E-state index contributed by atoms with van der Waals surface area (Å²) in [6.45, 7) is 7.19. The highest BCUT2D eigenvalue weighted by Crippen LogP contribution is 2.17. The highest BCUT2D eigenvalue weighted by Gasteiger charge is 2.10. The highest BCUT2D eigenvalue weighted by atomic mass is 35.5. The van der Waals surface area contributed by atoms with E-state index >= 15 is 0 Å². The molecule has 136 valence electrons. The van der Waals surface area contributed by atoms with Gasteiger partial charge in [-0.2, -0.15) is 0 Å². The Bertz CT molecular complexity index is 631. The van der Waals surface area contributed by atoms with Gasteiger partial charge in [-0.05, 0) is 31.5 Å². The zero-order chi connectivity index (χ0) is 17.2. The van der Waals surface area contributed by atoms with Crippen LogP contribution in [-0.4, -0.2) is 32.1 Å². The molecule has 0 bridgehead atoms. The van der Waals surface area contributed by atoms with Gasteiger partial charge in [-0.15, -0.1) is 0 Å². The van der Waals surface area contributed by atoms with E-state index in [-0.39, 0.29) is 18.3 Å². The van der Waals surface area contributed by atoms with Crippen LogP contribution in [0.15, 0.2) is 54.6 Å². The molecule has 0 radical (unpaired) electrons. The summed E-state index contributed by atoms with van der Waals surface area (Å²) < 4.78 is 5.80. The van der Waals surface area contributed by atoms with Crippen LogP contribution < -0.4 is 27.4 Å². The molecule has 0 aliphatic rings. The summed E-state index contributed by atoms with van der Waals surface area (Å²) >= 11 is 0. The molecule has 1 amide bonds. The third-order valence-electron chi connectivity index (χ3n) is 4.03. The van der Waals surface area contributed by atoms with Crippen LogP contribution in [0.4, 0.5) is 5.69 Å². The second-order valence-electron chi connectivity index (χ2n) is 5.79. The number of nitrogens with one attached hydrogen (secondary N) is 2. The topological polar surface area (TPSA) is 42.8 Å². The number of rotatable bonds is 9. The summed E-state index contributed by atoms with van der Waals surface area (Å²) in [5.74, 6) is 0.814. The number of quaternary nitrogens is 1. The van der Waals surface area contributed by atoms with Crippen molar-refractivity contribution in [3.05, 3.63) is 60.2 Å². The van der Waals surface area contributed by atoms with Crippen LogP contribution in [0.25, 0.3) is 0 Å². The van der Waals surface area contributed by atoms with E-state index in [0.717, 1.165) is 30.9 Å². The Morgan fingerprint density at radius 2 is 1.76 bits per heavy atom. The molecule has 0 heterocycles. The Morgan fingerprint density at radius 1 is 1.04 bits per heavy atom. The number of ether oxygens (including phenoxy) is 1. The first-order valence-electron chi connectivity index (χ1n) is 8.61. The average molecular weight is 363 g/mol. The van der Waals surface area contributed by atoms with Crippen LogP contribution in [0, 0.1) is 0 Å². The first-order valence-corrected chi connectivity index (χ1v) is 8.61. The number of hydrogen-bond donors (Lipinski definition) is 2. The molecule has 0 spiro atoms. The Labute approximate surface area is 156 Å². The summed E-state index contributed by atoms with van der Waals surface area (Å²) in [6, 6.07) is 17.8. The quantitative estimate of drug-likeness (QED) is 0.612. The fourth-order valence-corrected chi connectivity index (χ4v) is 2.53. The molecular weight excluding hydrogens is 336 g/mol. The van der Waals surface area contributed by atoms with Crippen molar-refractivity contribution < 1.29 is 26.8 Å². The van der Waals surface area contributed by atoms with Crippen LogP contribution >= 0.6 is 0 Å². The Morgan fingerprint density at radius 3 is 2.44 bits per heavy atom. The summed E-state index contributed by atoms with van der Waals surface area (Å²) in [6.07, 6.45) is 0.864. The fraction of sp³-hybridized carbons (Fsp3) is 0.350. The van der Waals surface area contributed by atoms with Gasteiger partial charge in [0.2, 0.25) is 0 Å². The first kappa shape index (κ1) is 21.0. The molecule has 0 aliphatic heterocycles. The van der Waals surface area contributed by atoms with Gasteiger partial charge in [-0.3, -0.25) is 4.79 Å². The van der Waals surface area contributed by atoms with Gasteiger partial charge in [0.05, 0.1) is 19.7 Å². The van der Waals surface area contributed by atoms with Crippen molar-refractivity contribution in [3.8, 4) is 5.75 Å². The van der Waals surface area contributed by atoms with E-state index in [1.165, 1.54) is 10.5 Å². The molecule has 4 nitrogen and oxygen atoms in total. The van der Waals surface area contributed by atoms with Crippen LogP contribution in [0.1, 0.15) is 19.4 Å². The minimum atomic E-state index is 0. The molecule has 25 heavy (non-hydrogen) atoms. The van der Waals surface area contributed by atoms with E-state index in [1.807, 2.05) is 42.5 Å². The number of halogens is 1. The molecule has 2 aromatic rings. The summed E-state index contributed by atoms with van der Waals surface area (Å²) in [5, 5.41) is 2.95. The lowest BCUT2D eigenvalue weighted by atomic mass is 10.2. The number of hydrogen-bond acceptors (Lipinski definition) is 2. The van der Waals surface area contributed by atoms with Gasteiger partial charge in [0.1, 0.15) is 5.75 Å². The van der Waals surface area contributed by atoms with Gasteiger partial charge in [-0.1, -0.05) is 36.4 Å². The number of anilines is 1. The van der Waals surface area contributed by atoms with Crippen molar-refractivity contribution in [3.63, 3.8) is 0 Å². The Hall–Kier alpha value is -2.04. The van der Waals surface area contributed by atoms with E-state index in [9.17, 15) is 4.79 Å². The third kappa shape index (κ3) is 7.59. The molecule has 5 heteroatoms. The summed E-state index contributed by atoms with van der Waals surface area (Å²) in [7, 11) is 0. The molecule has 0 atom stereocenters. The number of carbonyl (C=O) groups is 1. The van der Waals surface area contributed by atoms with Gasteiger partial charge < -0.3 is 27.4 Å². The van der Waals surface area contributed by atoms with E-state index in [2.05, 4.69) is 31.3 Å². The lowest BCUT2D eigenvalue weighted by Gasteiger charge is -2.15. The van der Waals surface area contributed by atoms with Gasteiger partial charge >= 0.3 is 0 Å². The number of amides is 1. The molecule has 2 N–H and O–H groups in total. The zero-order valence-corrected chi connectivity index (χ0v) is 15.7.